The minimum Gasteiger partial charge on any atom is -0.359 e. The zero-order valence-electron chi connectivity index (χ0n) is 13.4. The van der Waals surface area contributed by atoms with Gasteiger partial charge in [-0.15, -0.1) is 0 Å². The van der Waals surface area contributed by atoms with Gasteiger partial charge in [0.2, 0.25) is 0 Å². The summed E-state index contributed by atoms with van der Waals surface area (Å²) in [6.07, 6.45) is 2.24. The highest BCUT2D eigenvalue weighted by Crippen LogP contribution is 2.14. The number of carbonyl (C=O) groups is 1. The maximum Gasteiger partial charge on any atom is 0.318 e. The van der Waals surface area contributed by atoms with Gasteiger partial charge >= 0.3 is 6.03 Å². The quantitative estimate of drug-likeness (QED) is 0.880. The maximum absolute atomic E-state index is 12.3. The summed E-state index contributed by atoms with van der Waals surface area (Å²) in [4.78, 5) is 18.1. The Kier molecular flexibility index (Phi) is 5.13. The van der Waals surface area contributed by atoms with Crippen LogP contribution in [0.15, 0.2) is 16.9 Å². The van der Waals surface area contributed by atoms with Gasteiger partial charge in [0.1, 0.15) is 12.2 Å². The lowest BCUT2D eigenvalue weighted by atomic mass is 10.2. The molecule has 22 heavy (non-hydrogen) atoms. The van der Waals surface area contributed by atoms with Crippen molar-refractivity contribution in [1.29, 1.82) is 0 Å². The fourth-order valence-electron chi connectivity index (χ4n) is 2.19. The number of aryl methyl sites for hydroxylation is 2. The van der Waals surface area contributed by atoms with E-state index in [1.54, 1.807) is 16.6 Å². The molecule has 0 bridgehead atoms. The number of rotatable bonds is 6. The summed E-state index contributed by atoms with van der Waals surface area (Å²) in [6, 6.07) is 1.45. The normalized spacial score (nSPS) is 12.2. The lowest BCUT2D eigenvalue weighted by Crippen LogP contribution is -2.39. The predicted octanol–water partition coefficient (Wildman–Crippen LogP) is 1.89. The van der Waals surface area contributed by atoms with Crippen molar-refractivity contribution in [3.63, 3.8) is 0 Å². The number of hydrogen-bond donors (Lipinski definition) is 1. The summed E-state index contributed by atoms with van der Waals surface area (Å²) in [5.41, 5.74) is 0.797. The summed E-state index contributed by atoms with van der Waals surface area (Å²) in [5, 5.41) is 10.9. The topological polar surface area (TPSA) is 89.1 Å². The van der Waals surface area contributed by atoms with E-state index < -0.39 is 0 Å². The molecule has 0 saturated carbocycles. The number of hydrogen-bond acceptors (Lipinski definition) is 5. The van der Waals surface area contributed by atoms with Crippen molar-refractivity contribution in [3.8, 4) is 0 Å². The highest BCUT2D eigenvalue weighted by molar-refractivity contribution is 5.74. The minimum absolute atomic E-state index is 0.172. The monoisotopic (exact) mass is 306 g/mol. The highest BCUT2D eigenvalue weighted by Gasteiger charge is 2.20. The van der Waals surface area contributed by atoms with Crippen LogP contribution in [0.2, 0.25) is 0 Å². The molecule has 0 saturated heterocycles. The van der Waals surface area contributed by atoms with Crippen molar-refractivity contribution < 1.29 is 9.32 Å². The van der Waals surface area contributed by atoms with Crippen LogP contribution in [0.5, 0.6) is 0 Å². The summed E-state index contributed by atoms with van der Waals surface area (Å²) >= 11 is 0. The van der Waals surface area contributed by atoms with Crippen LogP contribution in [0.25, 0.3) is 0 Å². The van der Waals surface area contributed by atoms with Crippen molar-refractivity contribution >= 4 is 6.03 Å². The van der Waals surface area contributed by atoms with Gasteiger partial charge in [0, 0.05) is 19.7 Å². The van der Waals surface area contributed by atoms with Crippen molar-refractivity contribution in [2.45, 2.75) is 46.3 Å². The second-order valence-corrected chi connectivity index (χ2v) is 5.13. The molecule has 120 valence electrons. The van der Waals surface area contributed by atoms with Gasteiger partial charge in [-0.1, -0.05) is 12.1 Å². The Morgan fingerprint density at radius 3 is 2.86 bits per heavy atom. The number of nitrogens with zero attached hydrogens (tertiary/aromatic N) is 5. The molecule has 2 rings (SSSR count). The molecule has 0 aromatic carbocycles. The number of aromatic nitrogens is 4. The zero-order valence-corrected chi connectivity index (χ0v) is 13.4. The summed E-state index contributed by atoms with van der Waals surface area (Å²) in [7, 11) is 1.71. The smallest absolute Gasteiger partial charge is 0.318 e. The molecule has 2 amide bonds. The molecular formula is C14H22N6O2. The SMILES string of the molecule is CCC(NC(=O)N(C)Cc1cc(C)no1)c1ncnn1CC. The standard InChI is InChI=1S/C14H22N6O2/c1-5-12(13-15-9-16-20(13)6-2)17-14(21)19(4)8-11-7-10(3)18-22-11/h7,9,12H,5-6,8H2,1-4H3,(H,17,21). The first-order valence-electron chi connectivity index (χ1n) is 7.36. The van der Waals surface area contributed by atoms with Gasteiger partial charge in [0.05, 0.1) is 18.3 Å². The van der Waals surface area contributed by atoms with E-state index in [0.29, 0.717) is 12.3 Å². The molecule has 0 aliphatic rings. The van der Waals surface area contributed by atoms with Gasteiger partial charge in [-0.25, -0.2) is 14.5 Å². The number of carbonyl (C=O) groups excluding carboxylic acids is 1. The molecule has 0 spiro atoms. The van der Waals surface area contributed by atoms with Crippen molar-refractivity contribution in [2.75, 3.05) is 7.05 Å². The molecule has 8 nitrogen and oxygen atoms in total. The van der Waals surface area contributed by atoms with E-state index in [1.807, 2.05) is 26.8 Å². The zero-order chi connectivity index (χ0) is 16.1. The third-order valence-electron chi connectivity index (χ3n) is 3.38. The molecule has 0 aliphatic carbocycles. The average Bonchev–Trinajstić information content (AvgIpc) is 3.13. The fourth-order valence-corrected chi connectivity index (χ4v) is 2.19. The van der Waals surface area contributed by atoms with Gasteiger partial charge in [-0.2, -0.15) is 5.10 Å². The molecule has 0 fully saturated rings. The first-order chi connectivity index (χ1) is 10.5. The van der Waals surface area contributed by atoms with Gasteiger partial charge < -0.3 is 14.7 Å². The average molecular weight is 306 g/mol. The van der Waals surface area contributed by atoms with Crippen LogP contribution in [-0.2, 0) is 13.1 Å². The van der Waals surface area contributed by atoms with Crippen molar-refractivity contribution in [3.05, 3.63) is 29.7 Å². The largest absolute Gasteiger partial charge is 0.359 e. The van der Waals surface area contributed by atoms with Crippen molar-refractivity contribution in [1.82, 2.24) is 30.1 Å². The Labute approximate surface area is 129 Å². The fraction of sp³-hybridized carbons (Fsp3) is 0.571. The summed E-state index contributed by atoms with van der Waals surface area (Å²) in [5.74, 6) is 1.42. The highest BCUT2D eigenvalue weighted by atomic mass is 16.5. The summed E-state index contributed by atoms with van der Waals surface area (Å²) in [6.45, 7) is 6.92. The molecule has 2 aromatic heterocycles. The van der Waals surface area contributed by atoms with E-state index in [0.717, 1.165) is 24.5 Å². The van der Waals surface area contributed by atoms with E-state index in [-0.39, 0.29) is 12.1 Å². The molecule has 2 aromatic rings. The minimum atomic E-state index is -0.188. The van der Waals surface area contributed by atoms with E-state index in [4.69, 9.17) is 4.52 Å². The second-order valence-electron chi connectivity index (χ2n) is 5.13. The number of urea groups is 1. The van der Waals surface area contributed by atoms with E-state index in [9.17, 15) is 4.79 Å². The first kappa shape index (κ1) is 16.0. The molecule has 0 aliphatic heterocycles. The van der Waals surface area contributed by atoms with E-state index >= 15 is 0 Å². The predicted molar refractivity (Wildman–Crippen MR) is 80.0 cm³/mol. The van der Waals surface area contributed by atoms with Crippen LogP contribution >= 0.6 is 0 Å². The maximum atomic E-state index is 12.3. The Morgan fingerprint density at radius 2 is 2.27 bits per heavy atom. The number of amides is 2. The van der Waals surface area contributed by atoms with Gasteiger partial charge in [-0.3, -0.25) is 0 Å². The molecule has 1 unspecified atom stereocenters. The molecule has 1 N–H and O–H groups in total. The lowest BCUT2D eigenvalue weighted by Gasteiger charge is -2.21. The molecular weight excluding hydrogens is 284 g/mol. The molecule has 0 radical (unpaired) electrons. The Bertz CT molecular complexity index is 620. The van der Waals surface area contributed by atoms with E-state index in [2.05, 4.69) is 20.6 Å². The first-order valence-corrected chi connectivity index (χ1v) is 7.36. The second kappa shape index (κ2) is 7.06. The number of nitrogens with one attached hydrogen (secondary N) is 1. The van der Waals surface area contributed by atoms with Crippen LogP contribution in [-0.4, -0.2) is 37.9 Å². The Morgan fingerprint density at radius 1 is 1.50 bits per heavy atom. The van der Waals surface area contributed by atoms with Gasteiger partial charge in [0.15, 0.2) is 5.76 Å². The van der Waals surface area contributed by atoms with E-state index in [1.165, 1.54) is 6.33 Å². The van der Waals surface area contributed by atoms with Crippen LogP contribution < -0.4 is 5.32 Å². The molecule has 2 heterocycles. The van der Waals surface area contributed by atoms with Crippen LogP contribution in [0.4, 0.5) is 4.79 Å². The van der Waals surface area contributed by atoms with Crippen LogP contribution in [0, 0.1) is 6.92 Å². The van der Waals surface area contributed by atoms with Crippen molar-refractivity contribution in [2.24, 2.45) is 0 Å². The lowest BCUT2D eigenvalue weighted by molar-refractivity contribution is 0.195. The molecule has 8 heteroatoms. The summed E-state index contributed by atoms with van der Waals surface area (Å²) < 4.78 is 6.91. The molecule has 1 atom stereocenters. The van der Waals surface area contributed by atoms with Crippen LogP contribution in [0.3, 0.4) is 0 Å². The Hall–Kier alpha value is -2.38. The third-order valence-corrected chi connectivity index (χ3v) is 3.38. The van der Waals surface area contributed by atoms with Crippen LogP contribution in [0.1, 0.15) is 43.6 Å². The third kappa shape index (κ3) is 3.63. The van der Waals surface area contributed by atoms with Gasteiger partial charge in [-0.05, 0) is 20.3 Å². The Balaban J connectivity index is 1.99. The van der Waals surface area contributed by atoms with Gasteiger partial charge in [0.25, 0.3) is 0 Å².